The third-order valence-corrected chi connectivity index (χ3v) is 3.13. The molecule has 1 saturated carbocycles. The first kappa shape index (κ1) is 11.8. The second-order valence-corrected chi connectivity index (χ2v) is 4.35. The van der Waals surface area contributed by atoms with Gasteiger partial charge in [0.15, 0.2) is 0 Å². The summed E-state index contributed by atoms with van der Waals surface area (Å²) in [5, 5.41) is 11.5. The van der Waals surface area contributed by atoms with Crippen LogP contribution < -0.4 is 5.32 Å². The van der Waals surface area contributed by atoms with Crippen LogP contribution in [0.1, 0.15) is 29.6 Å². The maximum Gasteiger partial charge on any atom is 0.255 e. The normalized spacial score (nSPS) is 16.8. The molecule has 0 unspecified atom stereocenters. The standard InChI is InChI=1S/C11H9ClFN3O/c12-9-8(4-7(13)5-15-9)10(17)16-11(6-14)2-1-3-11/h4-5H,1-3H2,(H,16,17). The number of carbonyl (C=O) groups is 1. The van der Waals surface area contributed by atoms with Crippen LogP contribution in [0.15, 0.2) is 12.3 Å². The fourth-order valence-corrected chi connectivity index (χ4v) is 1.85. The zero-order valence-corrected chi connectivity index (χ0v) is 9.59. The number of pyridine rings is 1. The number of hydrogen-bond donors (Lipinski definition) is 1. The van der Waals surface area contributed by atoms with Crippen molar-refractivity contribution in [3.05, 3.63) is 28.8 Å². The Morgan fingerprint density at radius 1 is 1.65 bits per heavy atom. The lowest BCUT2D eigenvalue weighted by Crippen LogP contribution is -2.52. The number of nitrogens with zero attached hydrogens (tertiary/aromatic N) is 2. The molecule has 1 aliphatic carbocycles. The summed E-state index contributed by atoms with van der Waals surface area (Å²) in [6.07, 6.45) is 3.04. The number of rotatable bonds is 2. The molecule has 0 saturated heterocycles. The van der Waals surface area contributed by atoms with Crippen LogP contribution in [0, 0.1) is 17.1 Å². The minimum atomic E-state index is -0.827. The number of amides is 1. The summed E-state index contributed by atoms with van der Waals surface area (Å²) >= 11 is 5.70. The number of nitriles is 1. The maximum absolute atomic E-state index is 13.0. The van der Waals surface area contributed by atoms with Crippen LogP contribution in [-0.2, 0) is 0 Å². The minimum absolute atomic E-state index is 0.0480. The van der Waals surface area contributed by atoms with E-state index in [0.717, 1.165) is 18.7 Å². The van der Waals surface area contributed by atoms with Gasteiger partial charge in [-0.2, -0.15) is 5.26 Å². The molecule has 0 spiro atoms. The van der Waals surface area contributed by atoms with Crippen LogP contribution in [0.3, 0.4) is 0 Å². The van der Waals surface area contributed by atoms with E-state index in [1.807, 2.05) is 0 Å². The Labute approximate surface area is 102 Å². The smallest absolute Gasteiger partial charge is 0.255 e. The van der Waals surface area contributed by atoms with Crippen molar-refractivity contribution in [2.24, 2.45) is 0 Å². The van der Waals surface area contributed by atoms with Crippen molar-refractivity contribution in [1.29, 1.82) is 5.26 Å². The van der Waals surface area contributed by atoms with E-state index < -0.39 is 17.3 Å². The molecule has 1 aromatic rings. The molecule has 0 aromatic carbocycles. The van der Waals surface area contributed by atoms with E-state index in [9.17, 15) is 9.18 Å². The molecule has 6 heteroatoms. The summed E-state index contributed by atoms with van der Waals surface area (Å²) in [7, 11) is 0. The molecule has 1 fully saturated rings. The molecule has 1 aliphatic rings. The van der Waals surface area contributed by atoms with Crippen LogP contribution in [0.4, 0.5) is 4.39 Å². The van der Waals surface area contributed by atoms with E-state index in [4.69, 9.17) is 16.9 Å². The van der Waals surface area contributed by atoms with Crippen LogP contribution in [0.2, 0.25) is 5.15 Å². The number of nitrogens with one attached hydrogen (secondary N) is 1. The third-order valence-electron chi connectivity index (χ3n) is 2.82. The average molecular weight is 254 g/mol. The molecule has 1 heterocycles. The monoisotopic (exact) mass is 253 g/mol. The molecule has 0 atom stereocenters. The first-order chi connectivity index (χ1) is 8.06. The summed E-state index contributed by atoms with van der Waals surface area (Å²) < 4.78 is 13.0. The second kappa shape index (κ2) is 4.30. The molecule has 2 rings (SSSR count). The van der Waals surface area contributed by atoms with Gasteiger partial charge in [0, 0.05) is 0 Å². The summed E-state index contributed by atoms with van der Waals surface area (Å²) in [6.45, 7) is 0. The summed E-state index contributed by atoms with van der Waals surface area (Å²) in [5.74, 6) is -1.21. The van der Waals surface area contributed by atoms with E-state index in [0.29, 0.717) is 12.8 Å². The SMILES string of the molecule is N#CC1(NC(=O)c2cc(F)cnc2Cl)CCC1. The molecule has 0 bridgehead atoms. The first-order valence-corrected chi connectivity index (χ1v) is 5.49. The summed E-state index contributed by atoms with van der Waals surface area (Å²) in [6, 6.07) is 3.07. The number of halogens is 2. The fraction of sp³-hybridized carbons (Fsp3) is 0.364. The lowest BCUT2D eigenvalue weighted by atomic mass is 9.78. The molecule has 17 heavy (non-hydrogen) atoms. The van der Waals surface area contributed by atoms with Crippen LogP contribution in [0.5, 0.6) is 0 Å². The van der Waals surface area contributed by atoms with Gasteiger partial charge in [-0.05, 0) is 25.3 Å². The lowest BCUT2D eigenvalue weighted by Gasteiger charge is -2.35. The first-order valence-electron chi connectivity index (χ1n) is 5.11. The van der Waals surface area contributed by atoms with Crippen molar-refractivity contribution in [1.82, 2.24) is 10.3 Å². The van der Waals surface area contributed by atoms with Gasteiger partial charge in [0.2, 0.25) is 0 Å². The fourth-order valence-electron chi connectivity index (χ4n) is 1.66. The van der Waals surface area contributed by atoms with E-state index in [1.54, 1.807) is 0 Å². The van der Waals surface area contributed by atoms with Crippen molar-refractivity contribution < 1.29 is 9.18 Å². The predicted octanol–water partition coefficient (Wildman–Crippen LogP) is 2.05. The molecule has 0 aliphatic heterocycles. The zero-order chi connectivity index (χ0) is 12.5. The Balaban J connectivity index is 2.20. The quantitative estimate of drug-likeness (QED) is 0.821. The van der Waals surface area contributed by atoms with E-state index in [1.165, 1.54) is 0 Å². The van der Waals surface area contributed by atoms with E-state index >= 15 is 0 Å². The van der Waals surface area contributed by atoms with Crippen LogP contribution in [0.25, 0.3) is 0 Å². The third kappa shape index (κ3) is 2.22. The van der Waals surface area contributed by atoms with Crippen molar-refractivity contribution in [3.8, 4) is 6.07 Å². The zero-order valence-electron chi connectivity index (χ0n) is 8.83. The largest absolute Gasteiger partial charge is 0.334 e. The van der Waals surface area contributed by atoms with Gasteiger partial charge in [0.1, 0.15) is 16.5 Å². The number of aromatic nitrogens is 1. The Bertz CT molecular complexity index is 508. The summed E-state index contributed by atoms with van der Waals surface area (Å²) in [5.41, 5.74) is -0.875. The Morgan fingerprint density at radius 3 is 2.88 bits per heavy atom. The van der Waals surface area contributed by atoms with Gasteiger partial charge in [-0.15, -0.1) is 0 Å². The van der Waals surface area contributed by atoms with Gasteiger partial charge >= 0.3 is 0 Å². The molecule has 1 aromatic heterocycles. The molecule has 1 amide bonds. The van der Waals surface area contributed by atoms with Crippen LogP contribution in [-0.4, -0.2) is 16.4 Å². The van der Waals surface area contributed by atoms with Crippen molar-refractivity contribution in [2.75, 3.05) is 0 Å². The minimum Gasteiger partial charge on any atom is -0.334 e. The van der Waals surface area contributed by atoms with Gasteiger partial charge in [0.25, 0.3) is 5.91 Å². The molecular weight excluding hydrogens is 245 g/mol. The van der Waals surface area contributed by atoms with Gasteiger partial charge in [-0.25, -0.2) is 9.37 Å². The highest BCUT2D eigenvalue weighted by atomic mass is 35.5. The Kier molecular flexibility index (Phi) is 2.99. The molecule has 88 valence electrons. The average Bonchev–Trinajstić information content (AvgIpc) is 2.26. The maximum atomic E-state index is 13.0. The highest BCUT2D eigenvalue weighted by molar-refractivity contribution is 6.32. The van der Waals surface area contributed by atoms with E-state index in [-0.39, 0.29) is 10.7 Å². The number of hydrogen-bond acceptors (Lipinski definition) is 3. The van der Waals surface area contributed by atoms with E-state index in [2.05, 4.69) is 16.4 Å². The molecule has 1 N–H and O–H groups in total. The van der Waals surface area contributed by atoms with Gasteiger partial charge in [-0.1, -0.05) is 11.6 Å². The predicted molar refractivity (Wildman–Crippen MR) is 58.9 cm³/mol. The highest BCUT2D eigenvalue weighted by Gasteiger charge is 2.39. The molecular formula is C11H9ClFN3O. The second-order valence-electron chi connectivity index (χ2n) is 3.99. The highest BCUT2D eigenvalue weighted by Crippen LogP contribution is 2.31. The van der Waals surface area contributed by atoms with Gasteiger partial charge in [0.05, 0.1) is 17.8 Å². The van der Waals surface area contributed by atoms with Crippen molar-refractivity contribution in [3.63, 3.8) is 0 Å². The number of carbonyl (C=O) groups excluding carboxylic acids is 1. The Hall–Kier alpha value is -1.67. The topological polar surface area (TPSA) is 65.8 Å². The van der Waals surface area contributed by atoms with Crippen molar-refractivity contribution >= 4 is 17.5 Å². The summed E-state index contributed by atoms with van der Waals surface area (Å²) in [4.78, 5) is 15.4. The Morgan fingerprint density at radius 2 is 2.35 bits per heavy atom. The van der Waals surface area contributed by atoms with Crippen molar-refractivity contribution in [2.45, 2.75) is 24.8 Å². The van der Waals surface area contributed by atoms with Gasteiger partial charge in [-0.3, -0.25) is 4.79 Å². The van der Waals surface area contributed by atoms with Crippen LogP contribution >= 0.6 is 11.6 Å². The lowest BCUT2D eigenvalue weighted by molar-refractivity contribution is 0.0881. The molecule has 4 nitrogen and oxygen atoms in total. The van der Waals surface area contributed by atoms with Gasteiger partial charge < -0.3 is 5.32 Å². The molecule has 0 radical (unpaired) electrons.